The van der Waals surface area contributed by atoms with Crippen LogP contribution >= 0.6 is 0 Å². The molecule has 1 rings (SSSR count). The summed E-state index contributed by atoms with van der Waals surface area (Å²) in [6.07, 6.45) is 2.29. The first-order valence-electron chi connectivity index (χ1n) is 3.16. The third kappa shape index (κ3) is 1.56. The van der Waals surface area contributed by atoms with Gasteiger partial charge in [0.15, 0.2) is 5.78 Å². The molecule has 1 aliphatic heterocycles. The average Bonchev–Trinajstić information content (AvgIpc) is 1.59. The van der Waals surface area contributed by atoms with Crippen LogP contribution in [0, 0.1) is 0 Å². The Morgan fingerprint density at radius 3 is 2.89 bits per heavy atom. The van der Waals surface area contributed by atoms with Crippen LogP contribution < -0.4 is 5.32 Å². The fraction of sp³-hybridized carbons (Fsp3) is 0.571. The van der Waals surface area contributed by atoms with Crippen molar-refractivity contribution < 1.29 is 4.79 Å². The van der Waals surface area contributed by atoms with Crippen molar-refractivity contribution in [2.45, 2.75) is 26.3 Å². The zero-order chi connectivity index (χ0) is 6.85. The summed E-state index contributed by atoms with van der Waals surface area (Å²) in [5.74, 6) is 0.235. The highest BCUT2D eigenvalue weighted by molar-refractivity contribution is 5.91. The molecule has 0 bridgehead atoms. The van der Waals surface area contributed by atoms with Gasteiger partial charge in [-0.15, -0.1) is 0 Å². The van der Waals surface area contributed by atoms with Gasteiger partial charge in [-0.3, -0.25) is 4.79 Å². The van der Waals surface area contributed by atoms with E-state index in [9.17, 15) is 4.79 Å². The van der Waals surface area contributed by atoms with Gasteiger partial charge in [0.05, 0.1) is 0 Å². The lowest BCUT2D eigenvalue weighted by molar-refractivity contribution is -0.115. The summed E-state index contributed by atoms with van der Waals surface area (Å²) in [6, 6.07) is 0.322. The quantitative estimate of drug-likeness (QED) is 0.519. The van der Waals surface area contributed by atoms with E-state index >= 15 is 0 Å². The van der Waals surface area contributed by atoms with Crippen molar-refractivity contribution in [1.29, 1.82) is 0 Å². The third-order valence-electron chi connectivity index (χ3n) is 1.36. The largest absolute Gasteiger partial charge is 0.386 e. The Balaban J connectivity index is 2.67. The molecule has 1 N–H and O–H groups in total. The first-order valence-corrected chi connectivity index (χ1v) is 3.16. The Morgan fingerprint density at radius 2 is 2.44 bits per heavy atom. The highest BCUT2D eigenvalue weighted by atomic mass is 16.1. The topological polar surface area (TPSA) is 29.1 Å². The van der Waals surface area contributed by atoms with E-state index < -0.39 is 0 Å². The molecule has 0 saturated carbocycles. The Labute approximate surface area is 54.9 Å². The van der Waals surface area contributed by atoms with E-state index in [0.29, 0.717) is 12.5 Å². The predicted molar refractivity (Wildman–Crippen MR) is 36.0 cm³/mol. The summed E-state index contributed by atoms with van der Waals surface area (Å²) >= 11 is 0. The van der Waals surface area contributed by atoms with Crippen LogP contribution in [-0.2, 0) is 4.79 Å². The summed E-state index contributed by atoms with van der Waals surface area (Å²) in [7, 11) is 0. The highest BCUT2D eigenvalue weighted by Crippen LogP contribution is 2.04. The van der Waals surface area contributed by atoms with E-state index in [1.165, 1.54) is 0 Å². The Hall–Kier alpha value is -0.790. The van der Waals surface area contributed by atoms with E-state index in [1.807, 2.05) is 13.8 Å². The molecule has 0 spiro atoms. The second kappa shape index (κ2) is 2.21. The normalized spacial score (nSPS) is 27.1. The molecule has 0 radical (unpaired) electrons. The molecule has 2 nitrogen and oxygen atoms in total. The third-order valence-corrected chi connectivity index (χ3v) is 1.36. The monoisotopic (exact) mass is 125 g/mol. The van der Waals surface area contributed by atoms with Crippen molar-refractivity contribution in [2.75, 3.05) is 0 Å². The van der Waals surface area contributed by atoms with E-state index in [1.54, 1.807) is 6.08 Å². The SMILES string of the molecule is CC1=CC(=O)CC(C)N1. The highest BCUT2D eigenvalue weighted by Gasteiger charge is 2.11. The molecule has 2 heteroatoms. The second-order valence-corrected chi connectivity index (χ2v) is 2.54. The average molecular weight is 125 g/mol. The molecule has 0 amide bonds. The van der Waals surface area contributed by atoms with Crippen molar-refractivity contribution in [3.05, 3.63) is 11.8 Å². The first-order chi connectivity index (χ1) is 4.18. The van der Waals surface area contributed by atoms with Gasteiger partial charge >= 0.3 is 0 Å². The maximum atomic E-state index is 10.8. The molecule has 0 saturated heterocycles. The van der Waals surface area contributed by atoms with Gasteiger partial charge < -0.3 is 5.32 Å². The Morgan fingerprint density at radius 1 is 1.78 bits per heavy atom. The minimum Gasteiger partial charge on any atom is -0.386 e. The summed E-state index contributed by atoms with van der Waals surface area (Å²) in [4.78, 5) is 10.8. The van der Waals surface area contributed by atoms with Gasteiger partial charge in [0, 0.05) is 18.2 Å². The van der Waals surface area contributed by atoms with E-state index in [2.05, 4.69) is 5.32 Å². The lowest BCUT2D eigenvalue weighted by atomic mass is 10.1. The van der Waals surface area contributed by atoms with Crippen LogP contribution in [0.15, 0.2) is 11.8 Å². The van der Waals surface area contributed by atoms with Gasteiger partial charge in [-0.2, -0.15) is 0 Å². The van der Waals surface area contributed by atoms with Crippen molar-refractivity contribution in [1.82, 2.24) is 5.32 Å². The van der Waals surface area contributed by atoms with Crippen LogP contribution in [0.25, 0.3) is 0 Å². The minimum absolute atomic E-state index is 0.235. The van der Waals surface area contributed by atoms with E-state index in [4.69, 9.17) is 0 Å². The smallest absolute Gasteiger partial charge is 0.159 e. The van der Waals surface area contributed by atoms with Gasteiger partial charge in [0.25, 0.3) is 0 Å². The number of carbonyl (C=O) groups excluding carboxylic acids is 1. The molecule has 0 fully saturated rings. The fourth-order valence-corrected chi connectivity index (χ4v) is 1.08. The van der Waals surface area contributed by atoms with Gasteiger partial charge in [0.1, 0.15) is 0 Å². The Kier molecular flexibility index (Phi) is 1.56. The number of carbonyl (C=O) groups is 1. The number of ketones is 1. The number of rotatable bonds is 0. The fourth-order valence-electron chi connectivity index (χ4n) is 1.08. The standard InChI is InChI=1S/C7H11NO/c1-5-3-7(9)4-6(2)8-5/h3,6,8H,4H2,1-2H3. The molecule has 1 aliphatic rings. The van der Waals surface area contributed by atoms with Crippen LogP contribution in [0.3, 0.4) is 0 Å². The van der Waals surface area contributed by atoms with Gasteiger partial charge in [-0.05, 0) is 19.9 Å². The first kappa shape index (κ1) is 6.33. The molecular weight excluding hydrogens is 114 g/mol. The van der Waals surface area contributed by atoms with Crippen molar-refractivity contribution in [2.24, 2.45) is 0 Å². The molecule has 1 unspecified atom stereocenters. The number of hydrogen-bond donors (Lipinski definition) is 1. The zero-order valence-corrected chi connectivity index (χ0v) is 5.77. The Bertz CT molecular complexity index is 160. The molecule has 9 heavy (non-hydrogen) atoms. The lowest BCUT2D eigenvalue weighted by Gasteiger charge is -2.18. The van der Waals surface area contributed by atoms with E-state index in [0.717, 1.165) is 5.70 Å². The van der Waals surface area contributed by atoms with Crippen molar-refractivity contribution >= 4 is 5.78 Å². The van der Waals surface area contributed by atoms with Crippen LogP contribution in [0.2, 0.25) is 0 Å². The maximum absolute atomic E-state index is 10.8. The summed E-state index contributed by atoms with van der Waals surface area (Å²) in [5.41, 5.74) is 0.985. The summed E-state index contributed by atoms with van der Waals surface area (Å²) in [6.45, 7) is 3.92. The van der Waals surface area contributed by atoms with E-state index in [-0.39, 0.29) is 5.78 Å². The van der Waals surface area contributed by atoms with Crippen LogP contribution in [0.1, 0.15) is 20.3 Å². The molecule has 1 atom stereocenters. The zero-order valence-electron chi connectivity index (χ0n) is 5.77. The maximum Gasteiger partial charge on any atom is 0.159 e. The van der Waals surface area contributed by atoms with Gasteiger partial charge in [-0.1, -0.05) is 0 Å². The van der Waals surface area contributed by atoms with Crippen molar-refractivity contribution in [3.63, 3.8) is 0 Å². The van der Waals surface area contributed by atoms with Crippen molar-refractivity contribution in [3.8, 4) is 0 Å². The lowest BCUT2D eigenvalue weighted by Crippen LogP contribution is -2.30. The molecule has 0 aromatic carbocycles. The number of nitrogens with one attached hydrogen (secondary N) is 1. The molecule has 0 aromatic heterocycles. The van der Waals surface area contributed by atoms with Gasteiger partial charge in [0.2, 0.25) is 0 Å². The number of allylic oxidation sites excluding steroid dienone is 2. The molecule has 0 aromatic rings. The predicted octanol–water partition coefficient (Wildman–Crippen LogP) is 0.841. The van der Waals surface area contributed by atoms with Gasteiger partial charge in [-0.25, -0.2) is 0 Å². The van der Waals surface area contributed by atoms with Crippen LogP contribution in [0.4, 0.5) is 0 Å². The number of hydrogen-bond acceptors (Lipinski definition) is 2. The summed E-state index contributed by atoms with van der Waals surface area (Å²) < 4.78 is 0. The molecule has 50 valence electrons. The molecular formula is C7H11NO. The molecule has 0 aliphatic carbocycles. The van der Waals surface area contributed by atoms with Crippen LogP contribution in [0.5, 0.6) is 0 Å². The molecule has 1 heterocycles. The minimum atomic E-state index is 0.235. The summed E-state index contributed by atoms with van der Waals surface area (Å²) in [5, 5.41) is 3.15. The second-order valence-electron chi connectivity index (χ2n) is 2.54. The van der Waals surface area contributed by atoms with Crippen LogP contribution in [-0.4, -0.2) is 11.8 Å².